The third-order valence-corrected chi connectivity index (χ3v) is 5.29. The van der Waals surface area contributed by atoms with Crippen LogP contribution in [0.1, 0.15) is 15.9 Å². The highest BCUT2D eigenvalue weighted by Crippen LogP contribution is 2.26. The monoisotopic (exact) mass is 384 g/mol. The van der Waals surface area contributed by atoms with Crippen molar-refractivity contribution in [2.24, 2.45) is 0 Å². The minimum atomic E-state index is -3.36. The Morgan fingerprint density at radius 3 is 2.79 bits per heavy atom. The maximum Gasteiger partial charge on any atom is 0.257 e. The lowest BCUT2D eigenvalue weighted by atomic mass is 10.1. The molecule has 0 atom stereocenters. The molecular weight excluding hydrogens is 368 g/mol. The van der Waals surface area contributed by atoms with Crippen LogP contribution in [0.4, 0.5) is 10.8 Å². The molecule has 0 unspecified atom stereocenters. The van der Waals surface area contributed by atoms with Gasteiger partial charge in [-0.1, -0.05) is 29.2 Å². The second-order valence-corrected chi connectivity index (χ2v) is 8.82. The molecule has 2 N–H and O–H groups in total. The summed E-state index contributed by atoms with van der Waals surface area (Å²) in [4.78, 5) is 12.3. The lowest BCUT2D eigenvalue weighted by Gasteiger charge is -2.09. The summed E-state index contributed by atoms with van der Waals surface area (Å²) in [6.07, 6.45) is 2.84. The van der Waals surface area contributed by atoms with Crippen LogP contribution in [0.3, 0.4) is 0 Å². The van der Waals surface area contributed by atoms with Crippen LogP contribution in [0.2, 0.25) is 0 Å². The molecule has 1 heterocycles. The minimum absolute atomic E-state index is 0.333. The number of nitrogens with one attached hydrogen (secondary N) is 2. The molecule has 0 radical (unpaired) electrons. The van der Waals surface area contributed by atoms with Crippen LogP contribution >= 0.6 is 23.1 Å². The van der Waals surface area contributed by atoms with E-state index in [1.165, 1.54) is 23.1 Å². The Kier molecular flexibility index (Phi) is 5.97. The van der Waals surface area contributed by atoms with E-state index in [2.05, 4.69) is 26.8 Å². The van der Waals surface area contributed by atoms with Gasteiger partial charge in [-0.15, -0.1) is 16.8 Å². The van der Waals surface area contributed by atoms with Crippen molar-refractivity contribution >= 4 is 49.8 Å². The predicted molar refractivity (Wildman–Crippen MR) is 98.4 cm³/mol. The van der Waals surface area contributed by atoms with Crippen molar-refractivity contribution in [2.75, 3.05) is 22.0 Å². The molecule has 1 amide bonds. The highest BCUT2D eigenvalue weighted by atomic mass is 32.2. The van der Waals surface area contributed by atoms with Gasteiger partial charge in [0.1, 0.15) is 0 Å². The number of carbonyl (C=O) groups excluding carboxylic acids is 1. The predicted octanol–water partition coefficient (Wildman–Crippen LogP) is 2.75. The SMILES string of the molecule is C=CCSc1nnc(NC(=O)c2ccc(NS(C)(=O)=O)c(C)c2)s1. The van der Waals surface area contributed by atoms with Gasteiger partial charge in [-0.05, 0) is 30.7 Å². The number of nitrogens with zero attached hydrogens (tertiary/aromatic N) is 2. The van der Waals surface area contributed by atoms with Crippen molar-refractivity contribution in [3.05, 3.63) is 42.0 Å². The van der Waals surface area contributed by atoms with Gasteiger partial charge in [-0.2, -0.15) is 0 Å². The van der Waals surface area contributed by atoms with Gasteiger partial charge in [0.15, 0.2) is 4.34 Å². The van der Waals surface area contributed by atoms with Gasteiger partial charge in [0, 0.05) is 11.3 Å². The maximum atomic E-state index is 12.3. The van der Waals surface area contributed by atoms with Gasteiger partial charge >= 0.3 is 0 Å². The molecule has 1 aromatic carbocycles. The molecule has 10 heteroatoms. The van der Waals surface area contributed by atoms with E-state index in [0.29, 0.717) is 21.9 Å². The first-order valence-corrected chi connectivity index (χ1v) is 10.4. The number of carbonyl (C=O) groups is 1. The summed E-state index contributed by atoms with van der Waals surface area (Å²) >= 11 is 2.76. The first-order valence-electron chi connectivity index (χ1n) is 6.75. The summed E-state index contributed by atoms with van der Waals surface area (Å²) in [6.45, 7) is 5.35. The molecule has 0 saturated heterocycles. The van der Waals surface area contributed by atoms with Crippen molar-refractivity contribution < 1.29 is 13.2 Å². The van der Waals surface area contributed by atoms with Crippen LogP contribution in [-0.4, -0.2) is 36.5 Å². The molecule has 0 aliphatic heterocycles. The van der Waals surface area contributed by atoms with E-state index in [4.69, 9.17) is 0 Å². The van der Waals surface area contributed by atoms with Crippen molar-refractivity contribution in [1.82, 2.24) is 10.2 Å². The number of sulfonamides is 1. The number of benzene rings is 1. The molecule has 2 aromatic rings. The van der Waals surface area contributed by atoms with Gasteiger partial charge < -0.3 is 0 Å². The summed E-state index contributed by atoms with van der Waals surface area (Å²) in [7, 11) is -3.36. The average Bonchev–Trinajstić information content (AvgIpc) is 2.93. The number of aromatic nitrogens is 2. The van der Waals surface area contributed by atoms with E-state index in [1.807, 2.05) is 0 Å². The van der Waals surface area contributed by atoms with Gasteiger partial charge in [-0.3, -0.25) is 14.8 Å². The maximum absolute atomic E-state index is 12.3. The van der Waals surface area contributed by atoms with Crippen LogP contribution < -0.4 is 10.0 Å². The standard InChI is InChI=1S/C14H16N4O3S3/c1-4-7-22-14-17-16-13(23-14)15-12(19)10-5-6-11(9(2)8-10)18-24(3,20)21/h4-6,8,18H,1,7H2,2-3H3,(H,15,16,19). The van der Waals surface area contributed by atoms with Gasteiger partial charge in [0.2, 0.25) is 15.2 Å². The lowest BCUT2D eigenvalue weighted by molar-refractivity contribution is 0.102. The Bertz CT molecular complexity index is 862. The number of rotatable bonds is 7. The number of thioether (sulfide) groups is 1. The summed E-state index contributed by atoms with van der Waals surface area (Å²) in [5.74, 6) is 0.386. The number of hydrogen-bond donors (Lipinski definition) is 2. The summed E-state index contributed by atoms with van der Waals surface area (Å²) < 4.78 is 25.7. The van der Waals surface area contributed by atoms with Crippen molar-refractivity contribution in [3.63, 3.8) is 0 Å². The number of anilines is 2. The fraction of sp³-hybridized carbons (Fsp3) is 0.214. The Morgan fingerprint density at radius 1 is 1.42 bits per heavy atom. The van der Waals surface area contributed by atoms with Crippen molar-refractivity contribution in [1.29, 1.82) is 0 Å². The van der Waals surface area contributed by atoms with Gasteiger partial charge in [0.05, 0.1) is 11.9 Å². The van der Waals surface area contributed by atoms with E-state index in [0.717, 1.165) is 16.3 Å². The Hall–Kier alpha value is -1.91. The number of aryl methyl sites for hydroxylation is 1. The molecule has 2 rings (SSSR count). The molecule has 0 fully saturated rings. The fourth-order valence-electron chi connectivity index (χ4n) is 1.74. The molecule has 0 aliphatic rings. The average molecular weight is 385 g/mol. The lowest BCUT2D eigenvalue weighted by Crippen LogP contribution is -2.14. The summed E-state index contributed by atoms with van der Waals surface area (Å²) in [6, 6.07) is 4.71. The highest BCUT2D eigenvalue weighted by Gasteiger charge is 2.12. The Balaban J connectivity index is 2.08. The zero-order chi connectivity index (χ0) is 17.7. The molecule has 128 valence electrons. The highest BCUT2D eigenvalue weighted by molar-refractivity contribution is 8.01. The molecule has 7 nitrogen and oxygen atoms in total. The Morgan fingerprint density at radius 2 is 2.17 bits per heavy atom. The second kappa shape index (κ2) is 7.77. The van der Waals surface area contributed by atoms with Crippen molar-refractivity contribution in [2.45, 2.75) is 11.3 Å². The van der Waals surface area contributed by atoms with E-state index < -0.39 is 10.0 Å². The largest absolute Gasteiger partial charge is 0.296 e. The molecule has 0 bridgehead atoms. The third kappa shape index (κ3) is 5.32. The number of amides is 1. The third-order valence-electron chi connectivity index (χ3n) is 2.74. The summed E-state index contributed by atoms with van der Waals surface area (Å²) in [5, 5.41) is 11.0. The second-order valence-electron chi connectivity index (χ2n) is 4.83. The van der Waals surface area contributed by atoms with E-state index >= 15 is 0 Å². The normalized spacial score (nSPS) is 11.1. The van der Waals surface area contributed by atoms with Gasteiger partial charge in [0.25, 0.3) is 5.91 Å². The van der Waals surface area contributed by atoms with Crippen LogP contribution in [0.5, 0.6) is 0 Å². The molecular formula is C14H16N4O3S3. The quantitative estimate of drug-likeness (QED) is 0.432. The first-order chi connectivity index (χ1) is 11.3. The minimum Gasteiger partial charge on any atom is -0.296 e. The number of hydrogen-bond acceptors (Lipinski definition) is 7. The van der Waals surface area contributed by atoms with E-state index in [9.17, 15) is 13.2 Å². The van der Waals surface area contributed by atoms with Crippen LogP contribution in [-0.2, 0) is 10.0 Å². The molecule has 0 spiro atoms. The van der Waals surface area contributed by atoms with Crippen LogP contribution in [0.15, 0.2) is 35.2 Å². The molecule has 0 saturated carbocycles. The molecule has 24 heavy (non-hydrogen) atoms. The van der Waals surface area contributed by atoms with E-state index in [1.54, 1.807) is 31.2 Å². The zero-order valence-corrected chi connectivity index (χ0v) is 15.5. The zero-order valence-electron chi connectivity index (χ0n) is 13.1. The van der Waals surface area contributed by atoms with Crippen LogP contribution in [0.25, 0.3) is 0 Å². The molecule has 1 aromatic heterocycles. The van der Waals surface area contributed by atoms with Crippen molar-refractivity contribution in [3.8, 4) is 0 Å². The summed E-state index contributed by atoms with van der Waals surface area (Å²) in [5.41, 5.74) is 1.49. The fourth-order valence-corrected chi connectivity index (χ4v) is 3.87. The smallest absolute Gasteiger partial charge is 0.257 e. The van der Waals surface area contributed by atoms with Crippen LogP contribution in [0, 0.1) is 6.92 Å². The van der Waals surface area contributed by atoms with Gasteiger partial charge in [-0.25, -0.2) is 8.42 Å². The van der Waals surface area contributed by atoms with E-state index in [-0.39, 0.29) is 5.91 Å². The topological polar surface area (TPSA) is 101 Å². The first kappa shape index (κ1) is 18.4. The Labute approximate surface area is 148 Å². The molecule has 0 aliphatic carbocycles.